The number of hydrogen-bond donors (Lipinski definition) is 0. The molecule has 1 fully saturated rings. The van der Waals surface area contributed by atoms with Crippen molar-refractivity contribution in [2.24, 2.45) is 0 Å². The zero-order chi connectivity index (χ0) is 20.5. The molecule has 0 N–H and O–H groups in total. The van der Waals surface area contributed by atoms with Crippen LogP contribution in [0.4, 0.5) is 4.79 Å². The first kappa shape index (κ1) is 22.2. The van der Waals surface area contributed by atoms with Crippen LogP contribution in [0, 0.1) is 0 Å². The molecule has 1 amide bonds. The first-order chi connectivity index (χ1) is 12.3. The molecule has 152 valence electrons. The second-order valence-electron chi connectivity index (χ2n) is 9.55. The van der Waals surface area contributed by atoms with Gasteiger partial charge >= 0.3 is 13.6 Å². The molecule has 0 bridgehead atoms. The number of nitrogens with zero attached hydrogens (tertiary/aromatic N) is 3. The highest BCUT2D eigenvalue weighted by molar-refractivity contribution is 7.19. The number of aromatic nitrogens is 2. The minimum Gasteiger partial charge on any atom is -0.444 e. The molecule has 1 atom stereocenters. The van der Waals surface area contributed by atoms with Crippen LogP contribution in [0.3, 0.4) is 0 Å². The predicted molar refractivity (Wildman–Crippen MR) is 114 cm³/mol. The Morgan fingerprint density at radius 2 is 1.78 bits per heavy atom. The van der Waals surface area contributed by atoms with Crippen molar-refractivity contribution in [2.45, 2.75) is 83.7 Å². The summed E-state index contributed by atoms with van der Waals surface area (Å²) in [5.41, 5.74) is 0.370. The highest BCUT2D eigenvalue weighted by Gasteiger charge is 2.34. The third-order valence-electron chi connectivity index (χ3n) is 5.30. The van der Waals surface area contributed by atoms with E-state index in [4.69, 9.17) is 9.39 Å². The van der Waals surface area contributed by atoms with Crippen molar-refractivity contribution < 1.29 is 14.2 Å². The van der Waals surface area contributed by atoms with Gasteiger partial charge in [0.1, 0.15) is 5.60 Å². The molecule has 2 heterocycles. The van der Waals surface area contributed by atoms with Crippen LogP contribution in [0.25, 0.3) is 0 Å². The van der Waals surface area contributed by atoms with Crippen molar-refractivity contribution in [1.82, 2.24) is 14.7 Å². The van der Waals surface area contributed by atoms with Gasteiger partial charge in [-0.3, -0.25) is 4.68 Å². The molecule has 0 saturated carbocycles. The summed E-state index contributed by atoms with van der Waals surface area (Å²) in [5.74, 6) is 0. The second-order valence-corrected chi connectivity index (χ2v) is 11.0. The molecule has 1 aromatic heterocycles. The molecule has 1 aromatic rings. The van der Waals surface area contributed by atoms with Crippen molar-refractivity contribution in [2.75, 3.05) is 13.1 Å². The molecule has 0 spiro atoms. The zero-order valence-corrected chi connectivity index (χ0v) is 19.1. The summed E-state index contributed by atoms with van der Waals surface area (Å²) in [4.78, 5) is 14.0. The number of likely N-dealkylation sites (tertiary alicyclic amines) is 1. The molecule has 0 radical (unpaired) electrons. The highest BCUT2D eigenvalue weighted by atomic mass is 31.0. The summed E-state index contributed by atoms with van der Waals surface area (Å²) in [5, 5.41) is 4.51. The summed E-state index contributed by atoms with van der Waals surface area (Å²) in [7, 11) is 3.40. The Kier molecular flexibility index (Phi) is 6.69. The van der Waals surface area contributed by atoms with Gasteiger partial charge in [0.05, 0.1) is 11.6 Å². The van der Waals surface area contributed by atoms with E-state index in [1.165, 1.54) is 0 Å². The Morgan fingerprint density at radius 3 is 2.30 bits per heavy atom. The number of carbonyl (C=O) groups excluding carboxylic acids is 1. The molecular weight excluding hydrogens is 360 g/mol. The second kappa shape index (κ2) is 8.12. The van der Waals surface area contributed by atoms with Gasteiger partial charge in [0.15, 0.2) is 0 Å². The Balaban J connectivity index is 1.87. The maximum atomic E-state index is 12.2. The van der Waals surface area contributed by atoms with Crippen LogP contribution in [0.1, 0.15) is 67.3 Å². The van der Waals surface area contributed by atoms with E-state index in [0.29, 0.717) is 26.6 Å². The average molecular weight is 395 g/mol. The normalized spacial score (nSPS) is 17.1. The topological polar surface area (TPSA) is 56.6 Å². The molecule has 1 aliphatic heterocycles. The SMILES string of the molecule is CC(C)(C)OC(=O)N1CCC(n2cc(BOC(C)(C)C(C)(C)P)cn2)CC1. The first-order valence-electron chi connectivity index (χ1n) is 9.72. The molecule has 0 aromatic carbocycles. The lowest BCUT2D eigenvalue weighted by atomic mass is 9.86. The van der Waals surface area contributed by atoms with Gasteiger partial charge in [0.2, 0.25) is 0 Å². The largest absolute Gasteiger partial charge is 0.444 e. The summed E-state index contributed by atoms with van der Waals surface area (Å²) in [6, 6.07) is 0.309. The molecule has 2 rings (SSSR count). The number of carbonyl (C=O) groups is 1. The van der Waals surface area contributed by atoms with Crippen LogP contribution in [-0.4, -0.2) is 57.7 Å². The van der Waals surface area contributed by atoms with E-state index in [-0.39, 0.29) is 16.9 Å². The van der Waals surface area contributed by atoms with Crippen LogP contribution in [0.2, 0.25) is 0 Å². The van der Waals surface area contributed by atoms with Crippen molar-refractivity contribution in [1.29, 1.82) is 0 Å². The Labute approximate surface area is 166 Å². The fraction of sp³-hybridized carbons (Fsp3) is 0.789. The van der Waals surface area contributed by atoms with Crippen LogP contribution in [0.15, 0.2) is 12.4 Å². The lowest BCUT2D eigenvalue weighted by Gasteiger charge is -2.38. The third kappa shape index (κ3) is 6.22. The van der Waals surface area contributed by atoms with E-state index >= 15 is 0 Å². The summed E-state index contributed by atoms with van der Waals surface area (Å²) >= 11 is 0. The van der Waals surface area contributed by atoms with Crippen molar-refractivity contribution in [3.8, 4) is 0 Å². The van der Waals surface area contributed by atoms with Crippen LogP contribution in [0.5, 0.6) is 0 Å². The number of piperidine rings is 1. The molecule has 6 nitrogen and oxygen atoms in total. The minimum atomic E-state index is -0.454. The van der Waals surface area contributed by atoms with Gasteiger partial charge in [-0.05, 0) is 52.9 Å². The third-order valence-corrected chi connectivity index (χ3v) is 5.99. The lowest BCUT2D eigenvalue weighted by Crippen LogP contribution is -2.45. The van der Waals surface area contributed by atoms with Gasteiger partial charge in [-0.25, -0.2) is 4.79 Å². The van der Waals surface area contributed by atoms with E-state index in [0.717, 1.165) is 18.3 Å². The fourth-order valence-electron chi connectivity index (χ4n) is 2.74. The smallest absolute Gasteiger partial charge is 0.410 e. The standard InChI is InChI=1S/C19H35BN3O3P/c1-17(2,3)25-16(24)22-10-8-15(9-11-22)23-13-14(12-21-23)20-26-18(4,5)19(6,7)27/h12-13,15,20H,8-11,27H2,1-7H3. The minimum absolute atomic E-state index is 0.0164. The van der Waals surface area contributed by atoms with Gasteiger partial charge < -0.3 is 14.3 Å². The van der Waals surface area contributed by atoms with E-state index in [2.05, 4.69) is 48.2 Å². The number of ether oxygens (including phenoxy) is 1. The predicted octanol–water partition coefficient (Wildman–Crippen LogP) is 2.88. The highest BCUT2D eigenvalue weighted by Crippen LogP contribution is 2.33. The monoisotopic (exact) mass is 395 g/mol. The zero-order valence-electron chi connectivity index (χ0n) is 17.9. The number of amides is 1. The quantitative estimate of drug-likeness (QED) is 0.568. The van der Waals surface area contributed by atoms with Gasteiger partial charge in [-0.1, -0.05) is 13.8 Å². The van der Waals surface area contributed by atoms with E-state index in [1.54, 1.807) is 4.90 Å². The van der Waals surface area contributed by atoms with Gasteiger partial charge in [0, 0.05) is 30.6 Å². The van der Waals surface area contributed by atoms with Gasteiger partial charge in [-0.2, -0.15) is 5.10 Å². The van der Waals surface area contributed by atoms with Crippen LogP contribution < -0.4 is 5.46 Å². The summed E-state index contributed by atoms with van der Waals surface area (Å²) in [6.45, 7) is 15.6. The van der Waals surface area contributed by atoms with Gasteiger partial charge in [-0.15, -0.1) is 9.24 Å². The Bertz CT molecular complexity index is 641. The molecule has 1 aliphatic rings. The molecule has 1 unspecified atom stereocenters. The number of rotatable bonds is 5. The average Bonchev–Trinajstić information content (AvgIpc) is 2.99. The molecule has 1 saturated heterocycles. The molecule has 27 heavy (non-hydrogen) atoms. The van der Waals surface area contributed by atoms with E-state index < -0.39 is 5.60 Å². The van der Waals surface area contributed by atoms with Crippen LogP contribution >= 0.6 is 9.24 Å². The summed E-state index contributed by atoms with van der Waals surface area (Å²) in [6.07, 6.45) is 5.49. The fourth-order valence-corrected chi connectivity index (χ4v) is 2.82. The van der Waals surface area contributed by atoms with Crippen molar-refractivity contribution in [3.63, 3.8) is 0 Å². The van der Waals surface area contributed by atoms with Crippen molar-refractivity contribution >= 4 is 28.3 Å². The Hall–Kier alpha value is -1.07. The number of hydrogen-bond acceptors (Lipinski definition) is 4. The van der Waals surface area contributed by atoms with E-state index in [9.17, 15) is 4.79 Å². The molecular formula is C19H35BN3O3P. The first-order valence-corrected chi connectivity index (χ1v) is 10.3. The van der Waals surface area contributed by atoms with E-state index in [1.807, 2.05) is 31.6 Å². The van der Waals surface area contributed by atoms with Crippen molar-refractivity contribution in [3.05, 3.63) is 12.4 Å². The summed E-state index contributed by atoms with van der Waals surface area (Å²) < 4.78 is 13.6. The Morgan fingerprint density at radius 1 is 1.19 bits per heavy atom. The van der Waals surface area contributed by atoms with Gasteiger partial charge in [0.25, 0.3) is 0 Å². The lowest BCUT2D eigenvalue weighted by molar-refractivity contribution is 0.0185. The maximum absolute atomic E-state index is 12.2. The molecule has 8 heteroatoms. The molecule has 0 aliphatic carbocycles. The maximum Gasteiger partial charge on any atom is 0.410 e. The van der Waals surface area contributed by atoms with Crippen LogP contribution in [-0.2, 0) is 9.39 Å².